The fourth-order valence-corrected chi connectivity index (χ4v) is 3.03. The zero-order chi connectivity index (χ0) is 17.3. The predicted molar refractivity (Wildman–Crippen MR) is 91.4 cm³/mol. The van der Waals surface area contributed by atoms with Crippen molar-refractivity contribution in [3.8, 4) is 0 Å². The Labute approximate surface area is 146 Å². The molecule has 2 aromatic heterocycles. The van der Waals surface area contributed by atoms with Crippen LogP contribution in [0.5, 0.6) is 0 Å². The number of hydrogen-bond acceptors (Lipinski definition) is 8. The molecule has 0 N–H and O–H groups in total. The first kappa shape index (κ1) is 16.6. The molecule has 3 rings (SSSR count). The summed E-state index contributed by atoms with van der Waals surface area (Å²) in [6.45, 7) is 1.31. The van der Waals surface area contributed by atoms with E-state index in [4.69, 9.17) is 4.52 Å². The van der Waals surface area contributed by atoms with Gasteiger partial charge in [0.2, 0.25) is 11.7 Å². The second-order valence-corrected chi connectivity index (χ2v) is 6.76. The van der Waals surface area contributed by atoms with E-state index in [9.17, 15) is 10.1 Å². The smallest absolute Gasteiger partial charge is 0.312 e. The number of rotatable bonds is 4. The second-order valence-electron chi connectivity index (χ2n) is 5.84. The van der Waals surface area contributed by atoms with Gasteiger partial charge in [-0.15, -0.1) is 0 Å². The summed E-state index contributed by atoms with van der Waals surface area (Å²) in [5, 5.41) is 15.2. The van der Waals surface area contributed by atoms with E-state index >= 15 is 0 Å². The average molecular weight is 397 g/mol. The molecule has 0 saturated carbocycles. The van der Waals surface area contributed by atoms with E-state index in [1.54, 1.807) is 11.1 Å². The van der Waals surface area contributed by atoms with Crippen molar-refractivity contribution in [1.82, 2.24) is 15.1 Å². The Morgan fingerprint density at radius 2 is 2.12 bits per heavy atom. The van der Waals surface area contributed by atoms with Gasteiger partial charge in [0.25, 0.3) is 5.95 Å². The summed E-state index contributed by atoms with van der Waals surface area (Å²) in [6, 6.07) is 1.48. The number of aromatic nitrogens is 3. The van der Waals surface area contributed by atoms with E-state index in [1.807, 2.05) is 19.0 Å². The van der Waals surface area contributed by atoms with Crippen molar-refractivity contribution in [2.24, 2.45) is 0 Å². The molecule has 0 radical (unpaired) electrons. The van der Waals surface area contributed by atoms with E-state index in [1.165, 1.54) is 6.07 Å². The largest absolute Gasteiger partial charge is 0.351 e. The highest BCUT2D eigenvalue weighted by Gasteiger charge is 2.29. The molecule has 10 heteroatoms. The third kappa shape index (κ3) is 3.32. The first-order chi connectivity index (χ1) is 11.5. The van der Waals surface area contributed by atoms with E-state index in [0.29, 0.717) is 35.2 Å². The lowest BCUT2D eigenvalue weighted by atomic mass is 9.96. The van der Waals surface area contributed by atoms with E-state index in [2.05, 4.69) is 31.1 Å². The zero-order valence-corrected chi connectivity index (χ0v) is 14.9. The van der Waals surface area contributed by atoms with Crippen molar-refractivity contribution in [3.63, 3.8) is 0 Å². The molecule has 1 fully saturated rings. The Morgan fingerprint density at radius 3 is 2.71 bits per heavy atom. The van der Waals surface area contributed by atoms with Crippen molar-refractivity contribution in [1.29, 1.82) is 0 Å². The molecule has 2 aromatic rings. The van der Waals surface area contributed by atoms with Crippen molar-refractivity contribution < 1.29 is 9.45 Å². The minimum absolute atomic E-state index is 0.00973. The molecule has 1 saturated heterocycles. The maximum atomic E-state index is 11.2. The van der Waals surface area contributed by atoms with Crippen molar-refractivity contribution in [3.05, 3.63) is 32.7 Å². The molecule has 3 heterocycles. The normalized spacial score (nSPS) is 15.5. The number of anilines is 2. The van der Waals surface area contributed by atoms with Crippen molar-refractivity contribution in [2.45, 2.75) is 18.8 Å². The Balaban J connectivity index is 1.72. The van der Waals surface area contributed by atoms with Gasteiger partial charge in [-0.25, -0.2) is 4.98 Å². The van der Waals surface area contributed by atoms with Gasteiger partial charge in [0.15, 0.2) is 0 Å². The van der Waals surface area contributed by atoms with Crippen LogP contribution in [0.1, 0.15) is 24.7 Å². The summed E-state index contributed by atoms with van der Waals surface area (Å²) in [7, 11) is 3.71. The van der Waals surface area contributed by atoms with E-state index in [0.717, 1.165) is 12.8 Å². The number of hydrogen-bond donors (Lipinski definition) is 0. The lowest BCUT2D eigenvalue weighted by Gasteiger charge is -2.30. The fraction of sp³-hybridized carbons (Fsp3) is 0.500. The monoisotopic (exact) mass is 396 g/mol. The fourth-order valence-electron chi connectivity index (χ4n) is 2.71. The van der Waals surface area contributed by atoms with E-state index in [-0.39, 0.29) is 11.6 Å². The molecule has 24 heavy (non-hydrogen) atoms. The first-order valence-corrected chi connectivity index (χ1v) is 8.31. The Morgan fingerprint density at radius 1 is 1.42 bits per heavy atom. The van der Waals surface area contributed by atoms with Gasteiger partial charge in [0, 0.05) is 49.8 Å². The number of nitrogens with zero attached hydrogens (tertiary/aromatic N) is 6. The van der Waals surface area contributed by atoms with Crippen LogP contribution in [0.25, 0.3) is 0 Å². The van der Waals surface area contributed by atoms with Gasteiger partial charge >= 0.3 is 5.69 Å². The summed E-state index contributed by atoms with van der Waals surface area (Å²) in [6.07, 6.45) is 3.14. The van der Waals surface area contributed by atoms with Crippen molar-refractivity contribution >= 4 is 33.4 Å². The molecule has 0 aliphatic carbocycles. The van der Waals surface area contributed by atoms with E-state index < -0.39 is 4.92 Å². The summed E-state index contributed by atoms with van der Waals surface area (Å²) in [5.41, 5.74) is 0.00973. The molecule has 0 unspecified atom stereocenters. The zero-order valence-electron chi connectivity index (χ0n) is 13.3. The van der Waals surface area contributed by atoms with Gasteiger partial charge < -0.3 is 14.3 Å². The highest BCUT2D eigenvalue weighted by atomic mass is 79.9. The van der Waals surface area contributed by atoms with Crippen LogP contribution in [0.2, 0.25) is 0 Å². The van der Waals surface area contributed by atoms with Crippen LogP contribution in [0.4, 0.5) is 17.5 Å². The first-order valence-electron chi connectivity index (χ1n) is 7.51. The summed E-state index contributed by atoms with van der Waals surface area (Å²) in [5.74, 6) is 1.74. The highest BCUT2D eigenvalue weighted by molar-refractivity contribution is 9.10. The third-order valence-corrected chi connectivity index (χ3v) is 4.42. The minimum atomic E-state index is -0.402. The molecule has 0 amide bonds. The number of pyridine rings is 1. The van der Waals surface area contributed by atoms with Gasteiger partial charge in [0.1, 0.15) is 0 Å². The maximum absolute atomic E-state index is 11.2. The van der Waals surface area contributed by atoms with Crippen LogP contribution in [-0.4, -0.2) is 47.2 Å². The molecule has 0 bridgehead atoms. The second kappa shape index (κ2) is 6.71. The van der Waals surface area contributed by atoms with Crippen LogP contribution >= 0.6 is 15.9 Å². The number of piperidine rings is 1. The summed E-state index contributed by atoms with van der Waals surface area (Å²) >= 11 is 3.23. The van der Waals surface area contributed by atoms with Gasteiger partial charge in [0.05, 0.1) is 4.92 Å². The topological polar surface area (TPSA) is 101 Å². The lowest BCUT2D eigenvalue weighted by molar-refractivity contribution is -0.384. The van der Waals surface area contributed by atoms with Gasteiger partial charge in [-0.3, -0.25) is 10.1 Å². The molecule has 0 aromatic carbocycles. The molecule has 1 aliphatic heterocycles. The average Bonchev–Trinajstić information content (AvgIpc) is 3.05. The van der Waals surface area contributed by atoms with Gasteiger partial charge in [-0.1, -0.05) is 0 Å². The Bertz CT molecular complexity index is 742. The quantitative estimate of drug-likeness (QED) is 0.573. The predicted octanol–water partition coefficient (Wildman–Crippen LogP) is 2.59. The van der Waals surface area contributed by atoms with Crippen molar-refractivity contribution in [2.75, 3.05) is 37.0 Å². The molecule has 128 valence electrons. The summed E-state index contributed by atoms with van der Waals surface area (Å²) in [4.78, 5) is 23.2. The minimum Gasteiger partial charge on any atom is -0.351 e. The molecule has 0 spiro atoms. The summed E-state index contributed by atoms with van der Waals surface area (Å²) < 4.78 is 5.93. The van der Waals surface area contributed by atoms with Crippen LogP contribution in [-0.2, 0) is 0 Å². The Kier molecular flexibility index (Phi) is 4.65. The SMILES string of the molecule is CN(C)c1noc(C2CCN(c3ncc(Br)cc3[N+](=O)[O-])CC2)n1. The maximum Gasteiger partial charge on any atom is 0.312 e. The molecular weight excluding hydrogens is 380 g/mol. The van der Waals surface area contributed by atoms with Gasteiger partial charge in [-0.05, 0) is 33.9 Å². The molecule has 9 nitrogen and oxygen atoms in total. The van der Waals surface area contributed by atoms with Crippen LogP contribution in [0.3, 0.4) is 0 Å². The van der Waals surface area contributed by atoms with Crippen LogP contribution < -0.4 is 9.80 Å². The molecular formula is C14H17BrN6O3. The number of nitro groups is 1. The molecule has 1 aliphatic rings. The Hall–Kier alpha value is -2.23. The van der Waals surface area contributed by atoms with Crippen LogP contribution in [0, 0.1) is 10.1 Å². The lowest BCUT2D eigenvalue weighted by Crippen LogP contribution is -2.34. The standard InChI is InChI=1S/C14H17BrN6O3/c1-19(2)14-17-13(24-18-14)9-3-5-20(6-4-9)12-11(21(22)23)7-10(15)8-16-12/h7-9H,3-6H2,1-2H3. The number of halogens is 1. The van der Waals surface area contributed by atoms with Gasteiger partial charge in [-0.2, -0.15) is 4.98 Å². The van der Waals surface area contributed by atoms with Crippen LogP contribution in [0.15, 0.2) is 21.3 Å². The highest BCUT2D eigenvalue weighted by Crippen LogP contribution is 2.34. The third-order valence-electron chi connectivity index (χ3n) is 3.99. The molecule has 0 atom stereocenters.